The number of hydrogen-bond acceptors (Lipinski definition) is 2. The zero-order valence-corrected chi connectivity index (χ0v) is 8.85. The average molecular weight is 201 g/mol. The third-order valence-electron chi connectivity index (χ3n) is 2.58. The van der Waals surface area contributed by atoms with Gasteiger partial charge in [-0.2, -0.15) is 5.10 Å². The Morgan fingerprint density at radius 3 is 2.73 bits per heavy atom. The van der Waals surface area contributed by atoms with Crippen LogP contribution >= 0.6 is 0 Å². The summed E-state index contributed by atoms with van der Waals surface area (Å²) in [7, 11) is 0. The summed E-state index contributed by atoms with van der Waals surface area (Å²) in [6.45, 7) is 2.94. The average Bonchev–Trinajstić information content (AvgIpc) is 2.63. The number of benzene rings is 1. The van der Waals surface area contributed by atoms with Crippen molar-refractivity contribution in [1.29, 1.82) is 0 Å². The number of anilines is 1. The molecule has 0 aliphatic heterocycles. The molecule has 15 heavy (non-hydrogen) atoms. The Balaban J connectivity index is 2.06. The van der Waals surface area contributed by atoms with Crippen molar-refractivity contribution in [3.8, 4) is 0 Å². The van der Waals surface area contributed by atoms with E-state index in [0.717, 1.165) is 18.7 Å². The molecule has 0 saturated heterocycles. The minimum Gasteiger partial charge on any atom is -0.399 e. The lowest BCUT2D eigenvalue weighted by molar-refractivity contribution is 0.599. The van der Waals surface area contributed by atoms with Gasteiger partial charge in [-0.3, -0.25) is 4.68 Å². The van der Waals surface area contributed by atoms with Crippen LogP contribution in [0.15, 0.2) is 36.5 Å². The predicted octanol–water partition coefficient (Wildman–Crippen LogP) is 2.02. The van der Waals surface area contributed by atoms with Crippen molar-refractivity contribution in [2.24, 2.45) is 0 Å². The normalized spacial score (nSPS) is 10.5. The first-order chi connectivity index (χ1) is 7.27. The Hall–Kier alpha value is -1.77. The molecule has 3 nitrogen and oxygen atoms in total. The van der Waals surface area contributed by atoms with Crippen molar-refractivity contribution in [2.75, 3.05) is 5.73 Å². The zero-order valence-electron chi connectivity index (χ0n) is 8.85. The van der Waals surface area contributed by atoms with Gasteiger partial charge in [0.1, 0.15) is 0 Å². The maximum absolute atomic E-state index is 5.87. The quantitative estimate of drug-likeness (QED) is 0.772. The first kappa shape index (κ1) is 9.77. The van der Waals surface area contributed by atoms with Gasteiger partial charge in [0.05, 0.1) is 0 Å². The number of para-hydroxylation sites is 1. The summed E-state index contributed by atoms with van der Waals surface area (Å²) in [6, 6.07) is 9.98. The van der Waals surface area contributed by atoms with E-state index in [1.165, 1.54) is 11.3 Å². The number of aromatic nitrogens is 2. The van der Waals surface area contributed by atoms with Gasteiger partial charge in [-0.15, -0.1) is 0 Å². The molecule has 1 heterocycles. The first-order valence-corrected chi connectivity index (χ1v) is 5.09. The standard InChI is InChI=1S/C12H15N3/c1-10-6-8-14-15(10)9-7-11-4-2-3-5-12(11)13/h2-6,8H,7,9,13H2,1H3. The second-order valence-electron chi connectivity index (χ2n) is 3.64. The van der Waals surface area contributed by atoms with Crippen molar-refractivity contribution in [3.63, 3.8) is 0 Å². The molecule has 0 atom stereocenters. The smallest absolute Gasteiger partial charge is 0.0492 e. The molecule has 1 aromatic carbocycles. The molecule has 0 aliphatic rings. The third kappa shape index (κ3) is 2.18. The van der Waals surface area contributed by atoms with Crippen LogP contribution in [0.2, 0.25) is 0 Å². The molecule has 2 N–H and O–H groups in total. The van der Waals surface area contributed by atoms with Gasteiger partial charge in [-0.05, 0) is 31.0 Å². The molecule has 3 heteroatoms. The van der Waals surface area contributed by atoms with Crippen LogP contribution in [-0.4, -0.2) is 9.78 Å². The van der Waals surface area contributed by atoms with Crippen LogP contribution in [0.1, 0.15) is 11.3 Å². The van der Waals surface area contributed by atoms with Gasteiger partial charge in [-0.1, -0.05) is 18.2 Å². The second-order valence-corrected chi connectivity index (χ2v) is 3.64. The number of nitrogens with two attached hydrogens (primary N) is 1. The minimum absolute atomic E-state index is 0.863. The summed E-state index contributed by atoms with van der Waals surface area (Å²) in [5.41, 5.74) is 9.10. The van der Waals surface area contributed by atoms with Crippen molar-refractivity contribution >= 4 is 5.69 Å². The molecule has 0 saturated carbocycles. The van der Waals surface area contributed by atoms with Gasteiger partial charge in [0, 0.05) is 24.1 Å². The van der Waals surface area contributed by atoms with E-state index in [4.69, 9.17) is 5.73 Å². The summed E-state index contributed by atoms with van der Waals surface area (Å²) in [5.74, 6) is 0. The number of hydrogen-bond donors (Lipinski definition) is 1. The molecule has 0 fully saturated rings. The Bertz CT molecular complexity index is 446. The topological polar surface area (TPSA) is 43.8 Å². The Morgan fingerprint density at radius 1 is 1.27 bits per heavy atom. The van der Waals surface area contributed by atoms with Gasteiger partial charge < -0.3 is 5.73 Å². The van der Waals surface area contributed by atoms with E-state index >= 15 is 0 Å². The number of nitrogens with zero attached hydrogens (tertiary/aromatic N) is 2. The predicted molar refractivity (Wildman–Crippen MR) is 61.5 cm³/mol. The lowest BCUT2D eigenvalue weighted by atomic mass is 10.1. The third-order valence-corrected chi connectivity index (χ3v) is 2.58. The molecule has 0 aliphatic carbocycles. The molecule has 0 radical (unpaired) electrons. The first-order valence-electron chi connectivity index (χ1n) is 5.09. The summed E-state index contributed by atoms with van der Waals surface area (Å²) in [5, 5.41) is 4.24. The van der Waals surface area contributed by atoms with Gasteiger partial charge >= 0.3 is 0 Å². The molecule has 1 aromatic heterocycles. The second kappa shape index (κ2) is 4.17. The highest BCUT2D eigenvalue weighted by molar-refractivity contribution is 5.46. The Kier molecular flexibility index (Phi) is 2.72. The van der Waals surface area contributed by atoms with Crippen molar-refractivity contribution < 1.29 is 0 Å². The van der Waals surface area contributed by atoms with Crippen LogP contribution in [0.3, 0.4) is 0 Å². The van der Waals surface area contributed by atoms with Crippen molar-refractivity contribution in [1.82, 2.24) is 9.78 Å². The number of rotatable bonds is 3. The molecular formula is C12H15N3. The van der Waals surface area contributed by atoms with E-state index in [0.29, 0.717) is 0 Å². The van der Waals surface area contributed by atoms with Gasteiger partial charge in [0.25, 0.3) is 0 Å². The number of nitrogen functional groups attached to an aromatic ring is 1. The molecule has 0 spiro atoms. The summed E-state index contributed by atoms with van der Waals surface area (Å²) in [6.07, 6.45) is 2.75. The van der Waals surface area contributed by atoms with Crippen LogP contribution in [0.25, 0.3) is 0 Å². The van der Waals surface area contributed by atoms with Crippen LogP contribution in [0.5, 0.6) is 0 Å². The van der Waals surface area contributed by atoms with Crippen molar-refractivity contribution in [3.05, 3.63) is 47.8 Å². The fourth-order valence-corrected chi connectivity index (χ4v) is 1.62. The van der Waals surface area contributed by atoms with Gasteiger partial charge in [-0.25, -0.2) is 0 Å². The largest absolute Gasteiger partial charge is 0.399 e. The van der Waals surface area contributed by atoms with Crippen LogP contribution in [-0.2, 0) is 13.0 Å². The lowest BCUT2D eigenvalue weighted by Crippen LogP contribution is -2.06. The Morgan fingerprint density at radius 2 is 2.07 bits per heavy atom. The minimum atomic E-state index is 0.863. The summed E-state index contributed by atoms with van der Waals surface area (Å²) in [4.78, 5) is 0. The van der Waals surface area contributed by atoms with E-state index in [1.807, 2.05) is 35.1 Å². The van der Waals surface area contributed by atoms with E-state index < -0.39 is 0 Å². The molecule has 0 amide bonds. The van der Waals surface area contributed by atoms with Crippen LogP contribution < -0.4 is 5.73 Å². The molecule has 2 aromatic rings. The van der Waals surface area contributed by atoms with Crippen LogP contribution in [0, 0.1) is 6.92 Å². The van der Waals surface area contributed by atoms with E-state index in [2.05, 4.69) is 18.1 Å². The monoisotopic (exact) mass is 201 g/mol. The highest BCUT2D eigenvalue weighted by atomic mass is 15.3. The molecule has 0 bridgehead atoms. The molecule has 78 valence electrons. The molecular weight excluding hydrogens is 186 g/mol. The Labute approximate surface area is 89.5 Å². The fraction of sp³-hybridized carbons (Fsp3) is 0.250. The zero-order chi connectivity index (χ0) is 10.7. The van der Waals surface area contributed by atoms with Crippen LogP contribution in [0.4, 0.5) is 5.69 Å². The molecule has 2 rings (SSSR count). The lowest BCUT2D eigenvalue weighted by Gasteiger charge is -2.06. The summed E-state index contributed by atoms with van der Waals surface area (Å²) >= 11 is 0. The van der Waals surface area contributed by atoms with Crippen molar-refractivity contribution in [2.45, 2.75) is 19.9 Å². The highest BCUT2D eigenvalue weighted by Gasteiger charge is 2.00. The SMILES string of the molecule is Cc1ccnn1CCc1ccccc1N. The maximum Gasteiger partial charge on any atom is 0.0492 e. The van der Waals surface area contributed by atoms with Gasteiger partial charge in [0.2, 0.25) is 0 Å². The van der Waals surface area contributed by atoms with E-state index in [9.17, 15) is 0 Å². The van der Waals surface area contributed by atoms with E-state index in [1.54, 1.807) is 0 Å². The maximum atomic E-state index is 5.87. The molecule has 0 unspecified atom stereocenters. The van der Waals surface area contributed by atoms with E-state index in [-0.39, 0.29) is 0 Å². The fourth-order valence-electron chi connectivity index (χ4n) is 1.62. The number of aryl methyl sites for hydroxylation is 3. The summed E-state index contributed by atoms with van der Waals surface area (Å²) < 4.78 is 1.99. The highest BCUT2D eigenvalue weighted by Crippen LogP contribution is 2.12. The van der Waals surface area contributed by atoms with Gasteiger partial charge in [0.15, 0.2) is 0 Å².